The number of carbonyl (C=O) groups excluding carboxylic acids is 1. The Hall–Kier alpha value is -1.43. The Balaban J connectivity index is 3.51. The number of hydrogen-bond acceptors (Lipinski definition) is 4. The monoisotopic (exact) mass is 872 g/mol. The molecule has 0 aliphatic heterocycles. The largest absolute Gasteiger partial charge is 0.394 e. The summed E-state index contributed by atoms with van der Waals surface area (Å²) in [6.07, 6.45) is 67.4. The first-order valence-corrected chi connectivity index (χ1v) is 27.8. The zero-order chi connectivity index (χ0) is 45.1. The molecule has 0 heterocycles. The molecule has 0 aromatic carbocycles. The average molecular weight is 873 g/mol. The Morgan fingerprint density at radius 3 is 0.984 bits per heavy atom. The number of carbonyl (C=O) groups is 1. The zero-order valence-electron chi connectivity index (χ0n) is 41.8. The van der Waals surface area contributed by atoms with Crippen LogP contribution in [-0.2, 0) is 4.79 Å². The van der Waals surface area contributed by atoms with Gasteiger partial charge in [0.15, 0.2) is 0 Å². The van der Waals surface area contributed by atoms with Crippen LogP contribution >= 0.6 is 0 Å². The van der Waals surface area contributed by atoms with Crippen LogP contribution in [-0.4, -0.2) is 46.1 Å². The van der Waals surface area contributed by atoms with E-state index in [0.29, 0.717) is 12.8 Å². The molecule has 0 aromatic rings. The summed E-state index contributed by atoms with van der Waals surface area (Å²) >= 11 is 0. The number of amides is 1. The zero-order valence-corrected chi connectivity index (χ0v) is 41.8. The van der Waals surface area contributed by atoms with E-state index in [0.717, 1.165) is 44.9 Å². The van der Waals surface area contributed by atoms with Crippen LogP contribution in [0, 0.1) is 0 Å². The summed E-state index contributed by atoms with van der Waals surface area (Å²) in [4.78, 5) is 12.5. The number of rotatable bonds is 51. The van der Waals surface area contributed by atoms with Crippen LogP contribution in [0.2, 0.25) is 0 Å². The normalized spacial score (nSPS) is 13.6. The van der Waals surface area contributed by atoms with Gasteiger partial charge in [-0.15, -0.1) is 0 Å². The fraction of sp³-hybridized carbons (Fsp3) is 0.877. The highest BCUT2D eigenvalue weighted by atomic mass is 16.3. The molecule has 5 heteroatoms. The minimum Gasteiger partial charge on any atom is -0.394 e. The van der Waals surface area contributed by atoms with Crippen molar-refractivity contribution in [3.8, 4) is 0 Å². The molecule has 0 bridgehead atoms. The fourth-order valence-electron chi connectivity index (χ4n) is 8.65. The van der Waals surface area contributed by atoms with Crippen molar-refractivity contribution in [2.24, 2.45) is 0 Å². The molecule has 62 heavy (non-hydrogen) atoms. The molecule has 0 rings (SSSR count). The Morgan fingerprint density at radius 2 is 0.661 bits per heavy atom. The summed E-state index contributed by atoms with van der Waals surface area (Å²) in [5.74, 6) is -0.155. The number of aliphatic hydroxyl groups excluding tert-OH is 3. The van der Waals surface area contributed by atoms with Crippen LogP contribution in [0.3, 0.4) is 0 Å². The third kappa shape index (κ3) is 46.6. The van der Waals surface area contributed by atoms with Crippen molar-refractivity contribution in [3.63, 3.8) is 0 Å². The van der Waals surface area contributed by atoms with Crippen LogP contribution in [0.1, 0.15) is 296 Å². The highest BCUT2D eigenvalue weighted by Gasteiger charge is 2.26. The summed E-state index contributed by atoms with van der Waals surface area (Å²) in [6, 6.07) is -0.831. The maximum Gasteiger partial charge on any atom is 0.220 e. The third-order valence-corrected chi connectivity index (χ3v) is 12.9. The molecule has 0 saturated heterocycles. The average Bonchev–Trinajstić information content (AvgIpc) is 3.28. The van der Waals surface area contributed by atoms with Crippen LogP contribution in [0.5, 0.6) is 0 Å². The van der Waals surface area contributed by atoms with Gasteiger partial charge in [-0.3, -0.25) is 4.79 Å². The molecule has 0 fully saturated rings. The highest BCUT2D eigenvalue weighted by molar-refractivity contribution is 5.76. The van der Waals surface area contributed by atoms with Gasteiger partial charge in [-0.1, -0.05) is 249 Å². The number of unbranched alkanes of at least 4 members (excludes halogenated alkanes) is 37. The molecule has 0 aromatic heterocycles. The summed E-state index contributed by atoms with van der Waals surface area (Å²) in [5.41, 5.74) is 0. The van der Waals surface area contributed by atoms with Crippen molar-refractivity contribution in [2.75, 3.05) is 6.61 Å². The number of hydrogen-bond donors (Lipinski definition) is 4. The second-order valence-corrected chi connectivity index (χ2v) is 19.1. The van der Waals surface area contributed by atoms with E-state index in [4.69, 9.17) is 0 Å². The lowest BCUT2D eigenvalue weighted by Gasteiger charge is -2.26. The van der Waals surface area contributed by atoms with Crippen molar-refractivity contribution >= 4 is 5.91 Å². The number of nitrogens with one attached hydrogen (secondary N) is 1. The van der Waals surface area contributed by atoms with Crippen LogP contribution in [0.4, 0.5) is 0 Å². The summed E-state index contributed by atoms with van der Waals surface area (Å²) in [5, 5.41) is 33.6. The van der Waals surface area contributed by atoms with Gasteiger partial charge in [-0.25, -0.2) is 0 Å². The molecule has 3 atom stereocenters. The van der Waals surface area contributed by atoms with Gasteiger partial charge >= 0.3 is 0 Å². The predicted molar refractivity (Wildman–Crippen MR) is 273 cm³/mol. The summed E-state index contributed by atoms with van der Waals surface area (Å²) in [7, 11) is 0. The molecule has 5 nitrogen and oxygen atoms in total. The number of allylic oxidation sites excluding steroid dienone is 6. The standard InChI is InChI=1S/C57H109NO4/c1-3-5-7-9-11-13-15-17-19-20-21-22-23-24-25-26-27-28-29-30-31-32-33-34-35-36-38-40-42-44-46-48-50-52-56(61)58-54(53-59)57(62)55(60)51-49-47-45-43-41-39-37-18-16-14-12-10-8-6-4-2/h18,24-25,37,43,45,54-55,57,59-60,62H,3-17,19-23,26-36,38-42,44,46-53H2,1-2H3,(H,58,61)/b25-24-,37-18+,45-43+. The minimum absolute atomic E-state index is 0.155. The van der Waals surface area contributed by atoms with Gasteiger partial charge < -0.3 is 20.6 Å². The second kappa shape index (κ2) is 52.2. The molecule has 0 radical (unpaired) electrons. The topological polar surface area (TPSA) is 89.8 Å². The number of aliphatic hydroxyl groups is 3. The van der Waals surface area contributed by atoms with Gasteiger partial charge in [0, 0.05) is 6.42 Å². The van der Waals surface area contributed by atoms with Gasteiger partial charge in [0.2, 0.25) is 5.91 Å². The van der Waals surface area contributed by atoms with Crippen LogP contribution in [0.15, 0.2) is 36.5 Å². The maximum absolute atomic E-state index is 12.5. The van der Waals surface area contributed by atoms with E-state index in [1.54, 1.807) is 0 Å². The Bertz CT molecular complexity index is 962. The maximum atomic E-state index is 12.5. The molecule has 0 saturated carbocycles. The van der Waals surface area contributed by atoms with Crippen LogP contribution in [0.25, 0.3) is 0 Å². The van der Waals surface area contributed by atoms with E-state index >= 15 is 0 Å². The minimum atomic E-state index is -1.17. The molecular formula is C57H109NO4. The summed E-state index contributed by atoms with van der Waals surface area (Å²) in [6.45, 7) is 4.17. The van der Waals surface area contributed by atoms with Crippen LogP contribution < -0.4 is 5.32 Å². The van der Waals surface area contributed by atoms with E-state index < -0.39 is 18.2 Å². The Morgan fingerprint density at radius 1 is 0.387 bits per heavy atom. The first kappa shape index (κ1) is 60.6. The Labute approximate surface area is 387 Å². The van der Waals surface area contributed by atoms with Crippen molar-refractivity contribution in [1.29, 1.82) is 0 Å². The molecular weight excluding hydrogens is 763 g/mol. The molecule has 1 amide bonds. The fourth-order valence-corrected chi connectivity index (χ4v) is 8.65. The van der Waals surface area contributed by atoms with Crippen molar-refractivity contribution in [2.45, 2.75) is 315 Å². The van der Waals surface area contributed by atoms with E-state index in [1.165, 1.54) is 225 Å². The van der Waals surface area contributed by atoms with Gasteiger partial charge in [-0.05, 0) is 77.0 Å². The molecule has 366 valence electrons. The molecule has 0 aliphatic rings. The van der Waals surface area contributed by atoms with E-state index in [9.17, 15) is 20.1 Å². The second-order valence-electron chi connectivity index (χ2n) is 19.1. The third-order valence-electron chi connectivity index (χ3n) is 12.9. The quantitative estimate of drug-likeness (QED) is 0.0362. The van der Waals surface area contributed by atoms with Crippen molar-refractivity contribution in [1.82, 2.24) is 5.32 Å². The van der Waals surface area contributed by atoms with E-state index in [1.807, 2.05) is 0 Å². The molecule has 0 spiro atoms. The van der Waals surface area contributed by atoms with Crippen molar-refractivity contribution < 1.29 is 20.1 Å². The first-order valence-electron chi connectivity index (χ1n) is 27.8. The Kier molecular flexibility index (Phi) is 51.0. The van der Waals surface area contributed by atoms with Crippen molar-refractivity contribution in [3.05, 3.63) is 36.5 Å². The molecule has 0 aliphatic carbocycles. The SMILES string of the molecule is CCCCCCCC/C=C/CC/C=C/CCCC(O)C(O)C(CO)NC(=O)CCCCCCCCCCCCCCCCCCC/C=C\CCCCCCCCCCCCCC. The summed E-state index contributed by atoms with van der Waals surface area (Å²) < 4.78 is 0. The lowest BCUT2D eigenvalue weighted by atomic mass is 10.0. The smallest absolute Gasteiger partial charge is 0.220 e. The lowest BCUT2D eigenvalue weighted by molar-refractivity contribution is -0.124. The first-order chi connectivity index (χ1) is 30.6. The lowest BCUT2D eigenvalue weighted by Crippen LogP contribution is -2.50. The van der Waals surface area contributed by atoms with Gasteiger partial charge in [0.05, 0.1) is 18.8 Å². The molecule has 4 N–H and O–H groups in total. The van der Waals surface area contributed by atoms with E-state index in [2.05, 4.69) is 55.6 Å². The van der Waals surface area contributed by atoms with E-state index in [-0.39, 0.29) is 12.5 Å². The van der Waals surface area contributed by atoms with Gasteiger partial charge in [-0.2, -0.15) is 0 Å². The highest BCUT2D eigenvalue weighted by Crippen LogP contribution is 2.17. The predicted octanol–water partition coefficient (Wildman–Crippen LogP) is 17.1. The van der Waals surface area contributed by atoms with Gasteiger partial charge in [0.25, 0.3) is 0 Å². The molecule has 3 unspecified atom stereocenters. The van der Waals surface area contributed by atoms with Gasteiger partial charge in [0.1, 0.15) is 6.10 Å².